The van der Waals surface area contributed by atoms with E-state index >= 15 is 0 Å². The normalized spacial score (nSPS) is 10.6. The van der Waals surface area contributed by atoms with Crippen LogP contribution < -0.4 is 20.1 Å². The molecule has 0 bridgehead atoms. The first-order valence-electron chi connectivity index (χ1n) is 9.85. The summed E-state index contributed by atoms with van der Waals surface area (Å²) in [6.45, 7) is 0. The number of nitrogens with one attached hydrogen (secondary N) is 2. The van der Waals surface area contributed by atoms with Crippen molar-refractivity contribution in [1.82, 2.24) is 9.97 Å². The standard InChI is InChI=1S/C24H22N4O4/c1-25-24-27-18-13-21(32-3)20(31-2)12-17(18)22(28-24)14-7-6-8-15(11-14)26-23(30)16-9-4-5-10-19(16)29/h4-13,29H,1-3H3,(H,26,30)(H,25,27,28). The maximum atomic E-state index is 12.6. The predicted molar refractivity (Wildman–Crippen MR) is 124 cm³/mol. The quantitative estimate of drug-likeness (QED) is 0.418. The maximum Gasteiger partial charge on any atom is 0.259 e. The molecule has 0 unspecified atom stereocenters. The molecule has 0 aliphatic carbocycles. The molecule has 4 aromatic rings. The summed E-state index contributed by atoms with van der Waals surface area (Å²) in [5.41, 5.74) is 2.88. The topological polar surface area (TPSA) is 106 Å². The molecule has 0 aliphatic heterocycles. The van der Waals surface area contributed by atoms with Gasteiger partial charge in [0.1, 0.15) is 5.75 Å². The van der Waals surface area contributed by atoms with E-state index in [0.29, 0.717) is 34.3 Å². The highest BCUT2D eigenvalue weighted by Crippen LogP contribution is 2.36. The number of hydrogen-bond acceptors (Lipinski definition) is 7. The van der Waals surface area contributed by atoms with Gasteiger partial charge in [-0.3, -0.25) is 4.79 Å². The first kappa shape index (κ1) is 20.9. The Balaban J connectivity index is 1.79. The van der Waals surface area contributed by atoms with Crippen LogP contribution in [0.2, 0.25) is 0 Å². The molecule has 3 N–H and O–H groups in total. The Bertz CT molecular complexity index is 1310. The second-order valence-electron chi connectivity index (χ2n) is 6.92. The van der Waals surface area contributed by atoms with E-state index < -0.39 is 5.91 Å². The van der Waals surface area contributed by atoms with Gasteiger partial charge in [0, 0.05) is 29.8 Å². The van der Waals surface area contributed by atoms with Crippen molar-refractivity contribution >= 4 is 28.4 Å². The molecule has 0 aliphatic rings. The van der Waals surface area contributed by atoms with Gasteiger partial charge in [-0.05, 0) is 30.3 Å². The molecule has 8 nitrogen and oxygen atoms in total. The third kappa shape index (κ3) is 3.98. The molecule has 0 atom stereocenters. The summed E-state index contributed by atoms with van der Waals surface area (Å²) in [7, 11) is 4.89. The number of hydrogen-bond donors (Lipinski definition) is 3. The van der Waals surface area contributed by atoms with Gasteiger partial charge in [-0.15, -0.1) is 0 Å². The molecule has 1 heterocycles. The lowest BCUT2D eigenvalue weighted by Gasteiger charge is -2.13. The lowest BCUT2D eigenvalue weighted by atomic mass is 10.0. The Labute approximate surface area is 184 Å². The minimum absolute atomic E-state index is 0.0809. The Morgan fingerprint density at radius 3 is 2.41 bits per heavy atom. The van der Waals surface area contributed by atoms with Crippen molar-refractivity contribution in [2.45, 2.75) is 0 Å². The number of methoxy groups -OCH3 is 2. The second-order valence-corrected chi connectivity index (χ2v) is 6.92. The molecule has 8 heteroatoms. The van der Waals surface area contributed by atoms with E-state index in [1.165, 1.54) is 6.07 Å². The first-order valence-corrected chi connectivity index (χ1v) is 9.85. The third-order valence-electron chi connectivity index (χ3n) is 4.97. The smallest absolute Gasteiger partial charge is 0.259 e. The average Bonchev–Trinajstić information content (AvgIpc) is 2.82. The van der Waals surface area contributed by atoms with Gasteiger partial charge < -0.3 is 25.2 Å². The molecule has 1 aromatic heterocycles. The fourth-order valence-corrected chi connectivity index (χ4v) is 3.40. The highest BCUT2D eigenvalue weighted by molar-refractivity contribution is 6.06. The molecule has 0 fully saturated rings. The summed E-state index contributed by atoms with van der Waals surface area (Å²) in [4.78, 5) is 21.8. The lowest BCUT2D eigenvalue weighted by molar-refractivity contribution is 0.102. The number of aromatic hydroxyl groups is 1. The molecule has 3 aromatic carbocycles. The number of para-hydroxylation sites is 1. The second kappa shape index (κ2) is 8.81. The van der Waals surface area contributed by atoms with Crippen LogP contribution in [-0.4, -0.2) is 42.2 Å². The number of aromatic nitrogens is 2. The zero-order valence-electron chi connectivity index (χ0n) is 17.8. The number of amides is 1. The average molecular weight is 430 g/mol. The van der Waals surface area contributed by atoms with E-state index in [1.807, 2.05) is 24.3 Å². The molecule has 32 heavy (non-hydrogen) atoms. The number of carbonyl (C=O) groups is 1. The molecule has 162 valence electrons. The molecule has 0 saturated carbocycles. The van der Waals surface area contributed by atoms with Crippen LogP contribution in [-0.2, 0) is 0 Å². The van der Waals surface area contributed by atoms with Crippen molar-refractivity contribution in [3.05, 3.63) is 66.2 Å². The van der Waals surface area contributed by atoms with Crippen LogP contribution in [0.4, 0.5) is 11.6 Å². The van der Waals surface area contributed by atoms with E-state index in [9.17, 15) is 9.90 Å². The van der Waals surface area contributed by atoms with Crippen molar-refractivity contribution in [3.63, 3.8) is 0 Å². The molecule has 4 rings (SSSR count). The van der Waals surface area contributed by atoms with E-state index in [4.69, 9.17) is 9.47 Å². The monoisotopic (exact) mass is 430 g/mol. The fourth-order valence-electron chi connectivity index (χ4n) is 3.40. The van der Waals surface area contributed by atoms with Crippen molar-refractivity contribution in [2.75, 3.05) is 31.9 Å². The van der Waals surface area contributed by atoms with Gasteiger partial charge >= 0.3 is 0 Å². The van der Waals surface area contributed by atoms with Crippen molar-refractivity contribution in [3.8, 4) is 28.5 Å². The summed E-state index contributed by atoms with van der Waals surface area (Å²) in [5, 5.41) is 16.5. The Kier molecular flexibility index (Phi) is 5.76. The number of ether oxygens (including phenoxy) is 2. The number of anilines is 2. The highest BCUT2D eigenvalue weighted by atomic mass is 16.5. The van der Waals surface area contributed by atoms with Crippen LogP contribution in [0.25, 0.3) is 22.2 Å². The lowest BCUT2D eigenvalue weighted by Crippen LogP contribution is -2.12. The number of carbonyl (C=O) groups excluding carboxylic acids is 1. The Morgan fingerprint density at radius 1 is 0.938 bits per heavy atom. The minimum atomic E-state index is -0.407. The van der Waals surface area contributed by atoms with Gasteiger partial charge in [-0.2, -0.15) is 0 Å². The number of phenolic OH excluding ortho intramolecular Hbond substituents is 1. The molecule has 0 spiro atoms. The predicted octanol–water partition coefficient (Wildman–Crippen LogP) is 4.31. The summed E-state index contributed by atoms with van der Waals surface area (Å²) in [6.07, 6.45) is 0. The molecule has 0 saturated heterocycles. The summed E-state index contributed by atoms with van der Waals surface area (Å²) < 4.78 is 10.9. The van der Waals surface area contributed by atoms with Crippen LogP contribution in [0.1, 0.15) is 10.4 Å². The van der Waals surface area contributed by atoms with Gasteiger partial charge in [0.25, 0.3) is 5.91 Å². The maximum absolute atomic E-state index is 12.6. The number of phenols is 1. The van der Waals surface area contributed by atoms with Crippen molar-refractivity contribution in [2.24, 2.45) is 0 Å². The molecule has 0 radical (unpaired) electrons. The first-order chi connectivity index (χ1) is 15.5. The van der Waals surface area contributed by atoms with Gasteiger partial charge in [-0.1, -0.05) is 24.3 Å². The minimum Gasteiger partial charge on any atom is -0.507 e. The number of fused-ring (bicyclic) bond motifs is 1. The van der Waals surface area contributed by atoms with Gasteiger partial charge in [0.2, 0.25) is 5.95 Å². The van der Waals surface area contributed by atoms with Gasteiger partial charge in [-0.25, -0.2) is 9.97 Å². The summed E-state index contributed by atoms with van der Waals surface area (Å²) in [5.74, 6) is 1.09. The molecule has 1 amide bonds. The number of rotatable bonds is 6. The molecular formula is C24H22N4O4. The van der Waals surface area contributed by atoms with Crippen LogP contribution in [0.3, 0.4) is 0 Å². The largest absolute Gasteiger partial charge is 0.507 e. The van der Waals surface area contributed by atoms with E-state index in [2.05, 4.69) is 20.6 Å². The Hall–Kier alpha value is -4.33. The van der Waals surface area contributed by atoms with Gasteiger partial charge in [0.05, 0.1) is 31.0 Å². The van der Waals surface area contributed by atoms with Crippen LogP contribution in [0.5, 0.6) is 17.2 Å². The van der Waals surface area contributed by atoms with Crippen LogP contribution in [0, 0.1) is 0 Å². The number of nitrogens with zero attached hydrogens (tertiary/aromatic N) is 2. The van der Waals surface area contributed by atoms with Gasteiger partial charge in [0.15, 0.2) is 11.5 Å². The SMILES string of the molecule is CNc1nc(-c2cccc(NC(=O)c3ccccc3O)c2)c2cc(OC)c(OC)cc2n1. The number of benzene rings is 3. The molecular weight excluding hydrogens is 408 g/mol. The van der Waals surface area contributed by atoms with Crippen molar-refractivity contribution in [1.29, 1.82) is 0 Å². The summed E-state index contributed by atoms with van der Waals surface area (Å²) >= 11 is 0. The van der Waals surface area contributed by atoms with E-state index in [-0.39, 0.29) is 11.3 Å². The van der Waals surface area contributed by atoms with Crippen molar-refractivity contribution < 1.29 is 19.4 Å². The van der Waals surface area contributed by atoms with Crippen LogP contribution >= 0.6 is 0 Å². The highest BCUT2D eigenvalue weighted by Gasteiger charge is 2.16. The van der Waals surface area contributed by atoms with E-state index in [1.54, 1.807) is 51.6 Å². The Morgan fingerprint density at radius 2 is 1.69 bits per heavy atom. The summed E-state index contributed by atoms with van der Waals surface area (Å²) in [6, 6.07) is 17.3. The third-order valence-corrected chi connectivity index (χ3v) is 4.97. The van der Waals surface area contributed by atoms with Crippen LogP contribution in [0.15, 0.2) is 60.7 Å². The fraction of sp³-hybridized carbons (Fsp3) is 0.125. The zero-order chi connectivity index (χ0) is 22.7. The zero-order valence-corrected chi connectivity index (χ0v) is 17.8. The van der Waals surface area contributed by atoms with E-state index in [0.717, 1.165) is 10.9 Å².